The van der Waals surface area contributed by atoms with Crippen LogP contribution in [0.5, 0.6) is 0 Å². The fraction of sp³-hybridized carbons (Fsp3) is 0.538. The van der Waals surface area contributed by atoms with Crippen LogP contribution in [0.1, 0.15) is 31.9 Å². The summed E-state index contributed by atoms with van der Waals surface area (Å²) in [6.45, 7) is 4.21. The third kappa shape index (κ3) is 2.88. The highest BCUT2D eigenvalue weighted by Crippen LogP contribution is 2.43. The molecule has 1 rings (SSSR count). The lowest BCUT2D eigenvalue weighted by atomic mass is 9.73. The van der Waals surface area contributed by atoms with Gasteiger partial charge in [-0.2, -0.15) is 13.2 Å². The number of benzene rings is 1. The van der Waals surface area contributed by atoms with Crippen molar-refractivity contribution in [3.63, 3.8) is 0 Å². The Hall–Kier alpha value is -1.17. The molecule has 0 heterocycles. The van der Waals surface area contributed by atoms with Gasteiger partial charge in [0.2, 0.25) is 0 Å². The first-order chi connectivity index (χ1) is 8.43. The fourth-order valence-corrected chi connectivity index (χ4v) is 1.85. The van der Waals surface area contributed by atoms with E-state index in [0.29, 0.717) is 12.1 Å². The van der Waals surface area contributed by atoms with E-state index in [9.17, 15) is 22.0 Å². The van der Waals surface area contributed by atoms with Crippen LogP contribution in [-0.4, -0.2) is 6.54 Å². The summed E-state index contributed by atoms with van der Waals surface area (Å²) in [4.78, 5) is 0. The molecular weight excluding hydrogens is 265 g/mol. The fourth-order valence-electron chi connectivity index (χ4n) is 1.85. The molecule has 0 saturated heterocycles. The lowest BCUT2D eigenvalue weighted by Gasteiger charge is -2.37. The Morgan fingerprint density at radius 1 is 1.05 bits per heavy atom. The zero-order chi connectivity index (χ0) is 15.1. The first-order valence-electron chi connectivity index (χ1n) is 5.69. The highest BCUT2D eigenvalue weighted by atomic mass is 19.4. The lowest BCUT2D eigenvalue weighted by molar-refractivity contribution is -0.140. The summed E-state index contributed by atoms with van der Waals surface area (Å²) >= 11 is 0. The minimum atomic E-state index is -4.80. The van der Waals surface area contributed by atoms with E-state index in [0.717, 1.165) is 6.07 Å². The zero-order valence-corrected chi connectivity index (χ0v) is 10.9. The largest absolute Gasteiger partial charge is 0.419 e. The summed E-state index contributed by atoms with van der Waals surface area (Å²) in [7, 11) is 0. The van der Waals surface area contributed by atoms with Crippen LogP contribution in [-0.2, 0) is 11.8 Å². The molecule has 1 nitrogen and oxygen atoms in total. The van der Waals surface area contributed by atoms with Crippen molar-refractivity contribution < 1.29 is 22.0 Å². The van der Waals surface area contributed by atoms with Crippen LogP contribution in [0.25, 0.3) is 0 Å². The summed E-state index contributed by atoms with van der Waals surface area (Å²) in [5.74, 6) is -1.50. The third-order valence-electron chi connectivity index (χ3n) is 3.20. The second-order valence-corrected chi connectivity index (χ2v) is 5.45. The number of hydrogen-bond acceptors (Lipinski definition) is 1. The van der Waals surface area contributed by atoms with Crippen LogP contribution >= 0.6 is 0 Å². The van der Waals surface area contributed by atoms with Gasteiger partial charge in [0, 0.05) is 12.0 Å². The molecule has 1 unspecified atom stereocenters. The Balaban J connectivity index is 3.35. The van der Waals surface area contributed by atoms with E-state index in [1.54, 1.807) is 20.8 Å². The average molecular weight is 281 g/mol. The number of halogens is 5. The van der Waals surface area contributed by atoms with E-state index < -0.39 is 35.2 Å². The van der Waals surface area contributed by atoms with Crippen molar-refractivity contribution in [2.75, 3.05) is 6.54 Å². The minimum absolute atomic E-state index is 0.187. The van der Waals surface area contributed by atoms with Crippen molar-refractivity contribution >= 4 is 0 Å². The molecule has 0 aliphatic heterocycles. The molecular formula is C13H16F5N. The molecule has 1 atom stereocenters. The standard InChI is InChI=1S/C13H16F5N/c1-11(2,3)12(15,7-19)8-4-5-9(10(14)6-8)13(16,17)18/h4-6H,7,19H2,1-3H3. The van der Waals surface area contributed by atoms with Gasteiger partial charge in [0.05, 0.1) is 5.56 Å². The molecule has 0 spiro atoms. The average Bonchev–Trinajstić information content (AvgIpc) is 2.24. The maximum Gasteiger partial charge on any atom is 0.419 e. The Kier molecular flexibility index (Phi) is 3.96. The van der Waals surface area contributed by atoms with E-state index >= 15 is 0 Å². The van der Waals surface area contributed by atoms with Crippen molar-refractivity contribution in [3.05, 3.63) is 35.1 Å². The van der Waals surface area contributed by atoms with E-state index in [4.69, 9.17) is 5.73 Å². The maximum absolute atomic E-state index is 14.8. The van der Waals surface area contributed by atoms with Gasteiger partial charge in [-0.05, 0) is 17.7 Å². The molecule has 0 bridgehead atoms. The van der Waals surface area contributed by atoms with E-state index in [2.05, 4.69) is 0 Å². The van der Waals surface area contributed by atoms with Crippen LogP contribution in [0, 0.1) is 11.2 Å². The second kappa shape index (κ2) is 4.74. The van der Waals surface area contributed by atoms with Crippen LogP contribution in [0.2, 0.25) is 0 Å². The molecule has 1 aromatic carbocycles. The summed E-state index contributed by atoms with van der Waals surface area (Å²) < 4.78 is 65.6. The molecule has 108 valence electrons. The van der Waals surface area contributed by atoms with Crippen molar-refractivity contribution in [3.8, 4) is 0 Å². The molecule has 0 aromatic heterocycles. The summed E-state index contributed by atoms with van der Waals surface area (Å²) in [5.41, 5.74) is 0.716. The van der Waals surface area contributed by atoms with Crippen molar-refractivity contribution in [1.29, 1.82) is 0 Å². The Morgan fingerprint density at radius 3 is 1.89 bits per heavy atom. The molecule has 0 radical (unpaired) electrons. The van der Waals surface area contributed by atoms with E-state index in [-0.39, 0.29) is 5.56 Å². The Bertz CT molecular complexity index is 461. The van der Waals surface area contributed by atoms with Gasteiger partial charge in [-0.15, -0.1) is 0 Å². The molecule has 0 amide bonds. The third-order valence-corrected chi connectivity index (χ3v) is 3.20. The number of rotatable bonds is 2. The van der Waals surface area contributed by atoms with Crippen LogP contribution in [0.3, 0.4) is 0 Å². The van der Waals surface area contributed by atoms with Gasteiger partial charge in [0.15, 0.2) is 5.67 Å². The minimum Gasteiger partial charge on any atom is -0.327 e. The zero-order valence-electron chi connectivity index (χ0n) is 10.9. The second-order valence-electron chi connectivity index (χ2n) is 5.45. The van der Waals surface area contributed by atoms with Crippen molar-refractivity contribution in [2.45, 2.75) is 32.6 Å². The Labute approximate surface area is 108 Å². The highest BCUT2D eigenvalue weighted by molar-refractivity contribution is 5.32. The van der Waals surface area contributed by atoms with Gasteiger partial charge in [-0.3, -0.25) is 0 Å². The molecule has 0 saturated carbocycles. The lowest BCUT2D eigenvalue weighted by Crippen LogP contribution is -2.42. The molecule has 6 heteroatoms. The van der Waals surface area contributed by atoms with E-state index in [1.807, 2.05) is 0 Å². The van der Waals surface area contributed by atoms with Crippen LogP contribution in [0.15, 0.2) is 18.2 Å². The van der Waals surface area contributed by atoms with Gasteiger partial charge in [0.25, 0.3) is 0 Å². The number of nitrogens with two attached hydrogens (primary N) is 1. The number of alkyl halides is 4. The molecule has 2 N–H and O–H groups in total. The molecule has 1 aromatic rings. The normalized spacial score (nSPS) is 16.3. The van der Waals surface area contributed by atoms with Gasteiger partial charge < -0.3 is 5.73 Å². The van der Waals surface area contributed by atoms with Gasteiger partial charge in [0.1, 0.15) is 5.82 Å². The topological polar surface area (TPSA) is 26.0 Å². The predicted octanol–water partition coefficient (Wildman–Crippen LogP) is 4.01. The molecule has 0 aliphatic carbocycles. The number of hydrogen-bond donors (Lipinski definition) is 1. The van der Waals surface area contributed by atoms with Crippen LogP contribution in [0.4, 0.5) is 22.0 Å². The SMILES string of the molecule is CC(C)(C)C(F)(CN)c1ccc(C(F)(F)F)c(F)c1. The predicted molar refractivity (Wildman–Crippen MR) is 62.7 cm³/mol. The molecule has 0 aliphatic rings. The maximum atomic E-state index is 14.8. The van der Waals surface area contributed by atoms with Crippen molar-refractivity contribution in [2.24, 2.45) is 11.1 Å². The Morgan fingerprint density at radius 2 is 1.58 bits per heavy atom. The van der Waals surface area contributed by atoms with Gasteiger partial charge >= 0.3 is 6.18 Å². The summed E-state index contributed by atoms with van der Waals surface area (Å²) in [6.07, 6.45) is -4.80. The molecule has 19 heavy (non-hydrogen) atoms. The molecule has 0 fully saturated rings. The monoisotopic (exact) mass is 281 g/mol. The first kappa shape index (κ1) is 15.9. The first-order valence-corrected chi connectivity index (χ1v) is 5.69. The smallest absolute Gasteiger partial charge is 0.327 e. The van der Waals surface area contributed by atoms with Crippen LogP contribution < -0.4 is 5.73 Å². The summed E-state index contributed by atoms with van der Waals surface area (Å²) in [6, 6.07) is 2.05. The van der Waals surface area contributed by atoms with Gasteiger partial charge in [-0.25, -0.2) is 8.78 Å². The summed E-state index contributed by atoms with van der Waals surface area (Å²) in [5, 5.41) is 0. The van der Waals surface area contributed by atoms with E-state index in [1.165, 1.54) is 0 Å². The van der Waals surface area contributed by atoms with Crippen molar-refractivity contribution in [1.82, 2.24) is 0 Å². The quantitative estimate of drug-likeness (QED) is 0.814. The van der Waals surface area contributed by atoms with Gasteiger partial charge in [-0.1, -0.05) is 26.8 Å². The highest BCUT2D eigenvalue weighted by Gasteiger charge is 2.44.